The molecule has 1 aromatic carbocycles. The molecule has 5 nitrogen and oxygen atoms in total. The van der Waals surface area contributed by atoms with E-state index in [2.05, 4.69) is 39.2 Å². The monoisotopic (exact) mass is 332 g/mol. The quantitative estimate of drug-likeness (QED) is 0.853. The van der Waals surface area contributed by atoms with Crippen LogP contribution < -0.4 is 10.2 Å². The van der Waals surface area contributed by atoms with Crippen LogP contribution in [0.5, 0.6) is 0 Å². The molecule has 1 atom stereocenters. The lowest BCUT2D eigenvalue weighted by Crippen LogP contribution is -2.37. The summed E-state index contributed by atoms with van der Waals surface area (Å²) < 4.78 is 5.38. The zero-order chi connectivity index (χ0) is 16.1. The van der Waals surface area contributed by atoms with E-state index in [9.17, 15) is 0 Å². The van der Waals surface area contributed by atoms with Gasteiger partial charge in [-0.3, -0.25) is 0 Å². The highest BCUT2D eigenvalue weighted by molar-refractivity contribution is 6.28. The molecule has 23 heavy (non-hydrogen) atoms. The van der Waals surface area contributed by atoms with Gasteiger partial charge in [-0.25, -0.2) is 9.97 Å². The highest BCUT2D eigenvalue weighted by atomic mass is 35.5. The molecule has 1 aromatic heterocycles. The van der Waals surface area contributed by atoms with Gasteiger partial charge in [-0.2, -0.15) is 0 Å². The van der Waals surface area contributed by atoms with E-state index in [0.717, 1.165) is 37.8 Å². The summed E-state index contributed by atoms with van der Waals surface area (Å²) in [5.41, 5.74) is 2.15. The van der Waals surface area contributed by atoms with Crippen molar-refractivity contribution < 1.29 is 4.74 Å². The lowest BCUT2D eigenvalue weighted by Gasteiger charge is -2.28. The van der Waals surface area contributed by atoms with E-state index in [1.54, 1.807) is 0 Å². The first-order valence-electron chi connectivity index (χ1n) is 7.87. The minimum Gasteiger partial charge on any atom is -0.378 e. The molecule has 0 aliphatic carbocycles. The Morgan fingerprint density at radius 1 is 1.22 bits per heavy atom. The number of aromatic nitrogens is 2. The van der Waals surface area contributed by atoms with Crippen molar-refractivity contribution >= 4 is 17.4 Å². The Bertz CT molecular complexity index is 632. The number of benzene rings is 1. The lowest BCUT2D eigenvalue weighted by atomic mass is 10.1. The van der Waals surface area contributed by atoms with Crippen LogP contribution in [-0.2, 0) is 11.3 Å². The fourth-order valence-electron chi connectivity index (χ4n) is 2.61. The van der Waals surface area contributed by atoms with Gasteiger partial charge in [-0.05, 0) is 24.1 Å². The number of hydrogen-bond acceptors (Lipinski definition) is 5. The molecule has 1 N–H and O–H groups in total. The number of nitrogens with one attached hydrogen (secondary N) is 1. The van der Waals surface area contributed by atoms with Crippen molar-refractivity contribution in [1.29, 1.82) is 0 Å². The van der Waals surface area contributed by atoms with Gasteiger partial charge in [0, 0.05) is 31.7 Å². The second-order valence-corrected chi connectivity index (χ2v) is 5.94. The first-order chi connectivity index (χ1) is 11.2. The highest BCUT2D eigenvalue weighted by Crippen LogP contribution is 2.18. The third-order valence-electron chi connectivity index (χ3n) is 3.96. The van der Waals surface area contributed by atoms with Crippen LogP contribution in [-0.4, -0.2) is 36.3 Å². The minimum absolute atomic E-state index is 0.247. The van der Waals surface area contributed by atoms with Gasteiger partial charge in [0.1, 0.15) is 5.82 Å². The van der Waals surface area contributed by atoms with Gasteiger partial charge in [0.2, 0.25) is 5.28 Å². The number of anilines is 1. The zero-order valence-electron chi connectivity index (χ0n) is 13.2. The highest BCUT2D eigenvalue weighted by Gasteiger charge is 2.15. The first-order valence-corrected chi connectivity index (χ1v) is 8.24. The van der Waals surface area contributed by atoms with Gasteiger partial charge in [0.25, 0.3) is 0 Å². The van der Waals surface area contributed by atoms with Crippen molar-refractivity contribution in [3.63, 3.8) is 0 Å². The fourth-order valence-corrected chi connectivity index (χ4v) is 2.81. The first kappa shape index (κ1) is 16.2. The maximum atomic E-state index is 6.09. The van der Waals surface area contributed by atoms with Crippen LogP contribution in [0.3, 0.4) is 0 Å². The zero-order valence-corrected chi connectivity index (χ0v) is 14.0. The Morgan fingerprint density at radius 3 is 2.70 bits per heavy atom. The SMILES string of the molecule is CC(NCc1cc(N2CCOCC2)nc(Cl)n1)c1ccccc1. The van der Waals surface area contributed by atoms with Crippen LogP contribution in [0.15, 0.2) is 36.4 Å². The molecule has 1 saturated heterocycles. The van der Waals surface area contributed by atoms with E-state index in [1.807, 2.05) is 24.3 Å². The Labute approximate surface area is 141 Å². The van der Waals surface area contributed by atoms with Crippen LogP contribution in [0.25, 0.3) is 0 Å². The number of nitrogens with zero attached hydrogens (tertiary/aromatic N) is 3. The summed E-state index contributed by atoms with van der Waals surface area (Å²) in [6.07, 6.45) is 0. The van der Waals surface area contributed by atoms with Crippen molar-refractivity contribution in [2.45, 2.75) is 19.5 Å². The largest absolute Gasteiger partial charge is 0.378 e. The maximum Gasteiger partial charge on any atom is 0.224 e. The number of halogens is 1. The summed E-state index contributed by atoms with van der Waals surface area (Å²) in [5, 5.41) is 3.77. The molecule has 2 aromatic rings. The van der Waals surface area contributed by atoms with Gasteiger partial charge in [-0.1, -0.05) is 30.3 Å². The molecule has 122 valence electrons. The van der Waals surface area contributed by atoms with Crippen molar-refractivity contribution in [2.24, 2.45) is 0 Å². The van der Waals surface area contributed by atoms with Gasteiger partial charge in [-0.15, -0.1) is 0 Å². The average Bonchev–Trinajstić information content (AvgIpc) is 2.61. The fraction of sp³-hybridized carbons (Fsp3) is 0.412. The van der Waals surface area contributed by atoms with Gasteiger partial charge in [0.05, 0.1) is 18.9 Å². The van der Waals surface area contributed by atoms with Crippen LogP contribution in [0.1, 0.15) is 24.2 Å². The second kappa shape index (κ2) is 7.73. The molecule has 0 saturated carbocycles. The van der Waals surface area contributed by atoms with Gasteiger partial charge >= 0.3 is 0 Å². The molecule has 1 unspecified atom stereocenters. The Balaban J connectivity index is 1.66. The molecule has 0 amide bonds. The lowest BCUT2D eigenvalue weighted by molar-refractivity contribution is 0.122. The number of hydrogen-bond donors (Lipinski definition) is 1. The van der Waals surface area contributed by atoms with E-state index in [0.29, 0.717) is 6.54 Å². The van der Waals surface area contributed by atoms with Crippen LogP contribution >= 0.6 is 11.6 Å². The molecule has 3 rings (SSSR count). The summed E-state index contributed by atoms with van der Waals surface area (Å²) in [7, 11) is 0. The van der Waals surface area contributed by atoms with Crippen molar-refractivity contribution in [2.75, 3.05) is 31.2 Å². The number of morpholine rings is 1. The Hall–Kier alpha value is -1.69. The van der Waals surface area contributed by atoms with Crippen molar-refractivity contribution in [3.8, 4) is 0 Å². The van der Waals surface area contributed by atoms with E-state index in [4.69, 9.17) is 16.3 Å². The summed E-state index contributed by atoms with van der Waals surface area (Å²) in [6.45, 7) is 5.90. The number of ether oxygens (including phenoxy) is 1. The van der Waals surface area contributed by atoms with Crippen LogP contribution in [0.2, 0.25) is 5.28 Å². The Morgan fingerprint density at radius 2 is 1.96 bits per heavy atom. The molecule has 1 aliphatic rings. The molecule has 0 bridgehead atoms. The normalized spacial score (nSPS) is 16.3. The van der Waals surface area contributed by atoms with Gasteiger partial charge in [0.15, 0.2) is 0 Å². The molecule has 1 fully saturated rings. The van der Waals surface area contributed by atoms with Crippen LogP contribution in [0, 0.1) is 0 Å². The van der Waals surface area contributed by atoms with Crippen molar-refractivity contribution in [1.82, 2.24) is 15.3 Å². The maximum absolute atomic E-state index is 6.09. The van der Waals surface area contributed by atoms with E-state index >= 15 is 0 Å². The third-order valence-corrected chi connectivity index (χ3v) is 4.13. The van der Waals surface area contributed by atoms with E-state index < -0.39 is 0 Å². The van der Waals surface area contributed by atoms with E-state index in [1.165, 1.54) is 5.56 Å². The summed E-state index contributed by atoms with van der Waals surface area (Å²) in [4.78, 5) is 10.8. The third kappa shape index (κ3) is 4.41. The molecular weight excluding hydrogens is 312 g/mol. The molecule has 6 heteroatoms. The second-order valence-electron chi connectivity index (χ2n) is 5.60. The Kier molecular flexibility index (Phi) is 5.43. The molecule has 0 radical (unpaired) electrons. The topological polar surface area (TPSA) is 50.3 Å². The molecule has 1 aliphatic heterocycles. The standard InChI is InChI=1S/C17H21ClN4O/c1-13(14-5-3-2-4-6-14)19-12-15-11-16(21-17(18)20-15)22-7-9-23-10-8-22/h2-6,11,13,19H,7-10,12H2,1H3. The average molecular weight is 333 g/mol. The predicted molar refractivity (Wildman–Crippen MR) is 91.8 cm³/mol. The molecular formula is C17H21ClN4O. The summed E-state index contributed by atoms with van der Waals surface area (Å²) in [5.74, 6) is 0.873. The van der Waals surface area contributed by atoms with Crippen molar-refractivity contribution in [3.05, 3.63) is 52.9 Å². The minimum atomic E-state index is 0.247. The smallest absolute Gasteiger partial charge is 0.224 e. The van der Waals surface area contributed by atoms with Crippen LogP contribution in [0.4, 0.5) is 5.82 Å². The summed E-state index contributed by atoms with van der Waals surface area (Å²) in [6, 6.07) is 12.6. The van der Waals surface area contributed by atoms with Gasteiger partial charge < -0.3 is 15.0 Å². The number of rotatable bonds is 5. The van der Waals surface area contributed by atoms with E-state index in [-0.39, 0.29) is 11.3 Å². The molecule has 0 spiro atoms. The predicted octanol–water partition coefficient (Wildman–Crippen LogP) is 2.82. The summed E-state index contributed by atoms with van der Waals surface area (Å²) >= 11 is 6.09. The molecule has 2 heterocycles.